The van der Waals surface area contributed by atoms with E-state index in [9.17, 15) is 4.39 Å². The van der Waals surface area contributed by atoms with E-state index >= 15 is 0 Å². The molecule has 2 rings (SSSR count). The summed E-state index contributed by atoms with van der Waals surface area (Å²) in [4.78, 5) is 3.99. The van der Waals surface area contributed by atoms with Gasteiger partial charge >= 0.3 is 0 Å². The van der Waals surface area contributed by atoms with Crippen LogP contribution in [0.3, 0.4) is 0 Å². The number of hydrogen-bond acceptors (Lipinski definition) is 2. The fourth-order valence-corrected chi connectivity index (χ4v) is 1.11. The number of nitrogens with zero attached hydrogens (tertiary/aromatic N) is 1. The molecule has 0 aliphatic heterocycles. The van der Waals surface area contributed by atoms with Crippen LogP contribution in [0.1, 0.15) is 0 Å². The molecule has 0 spiro atoms. The quantitative estimate of drug-likeness (QED) is 0.601. The maximum absolute atomic E-state index is 12.9. The molecule has 1 aromatic heterocycles. The van der Waals surface area contributed by atoms with Crippen LogP contribution in [0.15, 0.2) is 30.5 Å². The summed E-state index contributed by atoms with van der Waals surface area (Å²) in [5.41, 5.74) is 6.17. The van der Waals surface area contributed by atoms with Crippen molar-refractivity contribution in [3.63, 3.8) is 0 Å². The predicted molar refractivity (Wildman–Crippen MR) is 46.1 cm³/mol. The topological polar surface area (TPSA) is 38.9 Å². The molecule has 2 N–H and O–H groups in total. The van der Waals surface area contributed by atoms with E-state index in [4.69, 9.17) is 5.73 Å². The van der Waals surface area contributed by atoms with Gasteiger partial charge in [0.15, 0.2) is 0 Å². The van der Waals surface area contributed by atoms with E-state index < -0.39 is 5.82 Å². The molecule has 0 saturated carbocycles. The molecule has 1 heterocycles. The summed E-state index contributed by atoms with van der Waals surface area (Å²) in [6, 6.07) is 6.56. The molecule has 0 aliphatic carbocycles. The SMILES string of the molecule is Nc1cc2cccnc2cc1F. The molecule has 0 radical (unpaired) electrons. The first-order valence-corrected chi connectivity index (χ1v) is 3.57. The average molecular weight is 162 g/mol. The van der Waals surface area contributed by atoms with Crippen molar-refractivity contribution in [2.45, 2.75) is 0 Å². The number of pyridine rings is 1. The van der Waals surface area contributed by atoms with E-state index in [1.54, 1.807) is 18.3 Å². The molecule has 0 unspecified atom stereocenters. The van der Waals surface area contributed by atoms with Gasteiger partial charge in [-0.2, -0.15) is 0 Å². The minimum absolute atomic E-state index is 0.163. The van der Waals surface area contributed by atoms with Crippen molar-refractivity contribution in [3.8, 4) is 0 Å². The Morgan fingerprint density at radius 1 is 1.33 bits per heavy atom. The molecule has 60 valence electrons. The first-order valence-electron chi connectivity index (χ1n) is 3.57. The van der Waals surface area contributed by atoms with Gasteiger partial charge in [0.1, 0.15) is 5.82 Å². The minimum atomic E-state index is -0.416. The first kappa shape index (κ1) is 7.03. The smallest absolute Gasteiger partial charge is 0.148 e. The summed E-state index contributed by atoms with van der Waals surface area (Å²) >= 11 is 0. The first-order chi connectivity index (χ1) is 5.77. The van der Waals surface area contributed by atoms with Gasteiger partial charge in [-0.05, 0) is 12.1 Å². The van der Waals surface area contributed by atoms with Crippen LogP contribution in [0.25, 0.3) is 10.9 Å². The van der Waals surface area contributed by atoms with Gasteiger partial charge in [0.05, 0.1) is 11.2 Å². The largest absolute Gasteiger partial charge is 0.396 e. The molecule has 3 heteroatoms. The Kier molecular flexibility index (Phi) is 1.43. The molecule has 0 amide bonds. The van der Waals surface area contributed by atoms with Crippen LogP contribution in [-0.2, 0) is 0 Å². The number of nitrogen functional groups attached to an aromatic ring is 1. The summed E-state index contributed by atoms with van der Waals surface area (Å²) < 4.78 is 12.9. The molecule has 12 heavy (non-hydrogen) atoms. The van der Waals surface area contributed by atoms with Crippen molar-refractivity contribution in [1.82, 2.24) is 4.98 Å². The molecule has 2 aromatic rings. The molecule has 0 fully saturated rings. The maximum atomic E-state index is 12.9. The van der Waals surface area contributed by atoms with Crippen molar-refractivity contribution in [2.75, 3.05) is 5.73 Å². The highest BCUT2D eigenvalue weighted by molar-refractivity contribution is 5.81. The summed E-state index contributed by atoms with van der Waals surface area (Å²) in [6.07, 6.45) is 1.62. The number of aromatic nitrogens is 1. The fourth-order valence-electron chi connectivity index (χ4n) is 1.11. The van der Waals surface area contributed by atoms with E-state index in [0.717, 1.165) is 5.39 Å². The van der Waals surface area contributed by atoms with Crippen molar-refractivity contribution in [2.24, 2.45) is 0 Å². The third-order valence-corrected chi connectivity index (χ3v) is 1.72. The van der Waals surface area contributed by atoms with Gasteiger partial charge in [-0.25, -0.2) is 4.39 Å². The second-order valence-electron chi connectivity index (χ2n) is 2.57. The van der Waals surface area contributed by atoms with E-state index in [2.05, 4.69) is 4.98 Å². The molecule has 2 nitrogen and oxygen atoms in total. The molecule has 0 aliphatic rings. The molecule has 0 saturated heterocycles. The Balaban J connectivity index is 2.84. The lowest BCUT2D eigenvalue weighted by Crippen LogP contribution is -1.90. The van der Waals surface area contributed by atoms with E-state index in [1.165, 1.54) is 6.07 Å². The minimum Gasteiger partial charge on any atom is -0.396 e. The zero-order valence-electron chi connectivity index (χ0n) is 6.29. The lowest BCUT2D eigenvalue weighted by atomic mass is 10.2. The Morgan fingerprint density at radius 2 is 2.17 bits per heavy atom. The second-order valence-corrected chi connectivity index (χ2v) is 2.57. The van der Waals surface area contributed by atoms with Gasteiger partial charge < -0.3 is 5.73 Å². The Hall–Kier alpha value is -1.64. The van der Waals surface area contributed by atoms with Gasteiger partial charge in [-0.15, -0.1) is 0 Å². The van der Waals surface area contributed by atoms with Crippen LogP contribution in [-0.4, -0.2) is 4.98 Å². The monoisotopic (exact) mass is 162 g/mol. The number of anilines is 1. The zero-order valence-corrected chi connectivity index (χ0v) is 6.29. The second kappa shape index (κ2) is 2.44. The normalized spacial score (nSPS) is 10.4. The molecule has 1 aromatic carbocycles. The average Bonchev–Trinajstić information content (AvgIpc) is 2.07. The predicted octanol–water partition coefficient (Wildman–Crippen LogP) is 1.96. The van der Waals surface area contributed by atoms with Crippen LogP contribution in [0.4, 0.5) is 10.1 Å². The van der Waals surface area contributed by atoms with Gasteiger partial charge in [-0.3, -0.25) is 4.98 Å². The number of nitrogens with two attached hydrogens (primary N) is 1. The van der Waals surface area contributed by atoms with Crippen LogP contribution in [0.2, 0.25) is 0 Å². The van der Waals surface area contributed by atoms with Crippen LogP contribution < -0.4 is 5.73 Å². The van der Waals surface area contributed by atoms with Crippen molar-refractivity contribution >= 4 is 16.6 Å². The Bertz CT molecular complexity index is 385. The van der Waals surface area contributed by atoms with Crippen molar-refractivity contribution in [1.29, 1.82) is 0 Å². The van der Waals surface area contributed by atoms with Crippen LogP contribution >= 0.6 is 0 Å². The zero-order chi connectivity index (χ0) is 8.55. The summed E-state index contributed by atoms with van der Waals surface area (Å²) in [6.45, 7) is 0. The third-order valence-electron chi connectivity index (χ3n) is 1.72. The lowest BCUT2D eigenvalue weighted by molar-refractivity contribution is 0.634. The van der Waals surface area contributed by atoms with Gasteiger partial charge in [-0.1, -0.05) is 6.07 Å². The molecule has 0 atom stereocenters. The fraction of sp³-hybridized carbons (Fsp3) is 0. The summed E-state index contributed by atoms with van der Waals surface area (Å²) in [5, 5.41) is 0.858. The van der Waals surface area contributed by atoms with Crippen LogP contribution in [0, 0.1) is 5.82 Å². The highest BCUT2D eigenvalue weighted by atomic mass is 19.1. The number of fused-ring (bicyclic) bond motifs is 1. The highest BCUT2D eigenvalue weighted by Gasteiger charge is 2.00. The molecule has 0 bridgehead atoms. The van der Waals surface area contributed by atoms with Gasteiger partial charge in [0, 0.05) is 17.6 Å². The van der Waals surface area contributed by atoms with E-state index in [-0.39, 0.29) is 5.69 Å². The van der Waals surface area contributed by atoms with E-state index in [1.807, 2.05) is 6.07 Å². The van der Waals surface area contributed by atoms with Crippen molar-refractivity contribution < 1.29 is 4.39 Å². The number of halogens is 1. The van der Waals surface area contributed by atoms with Crippen molar-refractivity contribution in [3.05, 3.63) is 36.3 Å². The van der Waals surface area contributed by atoms with Gasteiger partial charge in [0.25, 0.3) is 0 Å². The summed E-state index contributed by atoms with van der Waals surface area (Å²) in [7, 11) is 0. The molecular weight excluding hydrogens is 155 g/mol. The Morgan fingerprint density at radius 3 is 3.00 bits per heavy atom. The maximum Gasteiger partial charge on any atom is 0.148 e. The standard InChI is InChI=1S/C9H7FN2/c10-7-5-9-6(4-8(7)11)2-1-3-12-9/h1-5H,11H2. The lowest BCUT2D eigenvalue weighted by Gasteiger charge is -1.98. The Labute approximate surface area is 68.8 Å². The number of benzene rings is 1. The van der Waals surface area contributed by atoms with Crippen LogP contribution in [0.5, 0.6) is 0 Å². The van der Waals surface area contributed by atoms with E-state index in [0.29, 0.717) is 5.52 Å². The molecular formula is C9H7FN2. The third kappa shape index (κ3) is 0.993. The highest BCUT2D eigenvalue weighted by Crippen LogP contribution is 2.18. The summed E-state index contributed by atoms with van der Waals surface area (Å²) in [5.74, 6) is -0.416. The van der Waals surface area contributed by atoms with Gasteiger partial charge in [0.2, 0.25) is 0 Å². The number of rotatable bonds is 0. The number of hydrogen-bond donors (Lipinski definition) is 1.